The van der Waals surface area contributed by atoms with Gasteiger partial charge in [0.15, 0.2) is 0 Å². The normalized spacial score (nSPS) is 11.0. The van der Waals surface area contributed by atoms with Crippen LogP contribution in [0, 0.1) is 0 Å². The summed E-state index contributed by atoms with van der Waals surface area (Å²) in [7, 11) is -3.84. The maximum Gasteiger partial charge on any atom is 0.315 e. The Hall–Kier alpha value is -0.390. The minimum atomic E-state index is -3.84. The molecule has 0 aliphatic rings. The highest BCUT2D eigenvalue weighted by Gasteiger charge is 1.98. The van der Waals surface area contributed by atoms with E-state index in [9.17, 15) is 8.42 Å². The Labute approximate surface area is 41.1 Å². The quantitative estimate of drug-likeness (QED) is 0.414. The van der Waals surface area contributed by atoms with E-state index >= 15 is 0 Å². The van der Waals surface area contributed by atoms with Crippen molar-refractivity contribution in [1.82, 2.24) is 0 Å². The third-order valence-electron chi connectivity index (χ3n) is 0.308. The lowest BCUT2D eigenvalue weighted by Crippen LogP contribution is -1.94. The first-order valence-electron chi connectivity index (χ1n) is 1.33. The van der Waals surface area contributed by atoms with E-state index in [0.29, 0.717) is 5.41 Å². The third kappa shape index (κ3) is 2.32. The molecule has 0 fully saturated rings. The van der Waals surface area contributed by atoms with E-state index in [-0.39, 0.29) is 0 Å². The van der Waals surface area contributed by atoms with Crippen LogP contribution >= 0.6 is 0 Å². The van der Waals surface area contributed by atoms with Gasteiger partial charge in [-0.25, -0.2) is 5.26 Å². The van der Waals surface area contributed by atoms with Crippen LogP contribution in [0.4, 0.5) is 0 Å². The SMILES string of the molecule is C=CS(=O)(=O)OO. The Morgan fingerprint density at radius 3 is 2.14 bits per heavy atom. The van der Waals surface area contributed by atoms with Gasteiger partial charge in [0.2, 0.25) is 0 Å². The highest BCUT2D eigenvalue weighted by molar-refractivity contribution is 7.89. The molecule has 0 aliphatic heterocycles. The zero-order valence-corrected chi connectivity index (χ0v) is 4.18. The summed E-state index contributed by atoms with van der Waals surface area (Å²) in [4.78, 5) is 0. The summed E-state index contributed by atoms with van der Waals surface area (Å²) >= 11 is 0. The Morgan fingerprint density at radius 2 is 2.14 bits per heavy atom. The van der Waals surface area contributed by atoms with Gasteiger partial charge in [0.1, 0.15) is 0 Å². The molecule has 0 spiro atoms. The van der Waals surface area contributed by atoms with Crippen LogP contribution < -0.4 is 0 Å². The second-order valence-corrected chi connectivity index (χ2v) is 2.20. The van der Waals surface area contributed by atoms with E-state index in [2.05, 4.69) is 10.9 Å². The molecule has 4 nitrogen and oxygen atoms in total. The maximum atomic E-state index is 9.78. The monoisotopic (exact) mass is 124 g/mol. The fourth-order valence-electron chi connectivity index (χ4n) is 0.0304. The Morgan fingerprint density at radius 1 is 1.71 bits per heavy atom. The summed E-state index contributed by atoms with van der Waals surface area (Å²) in [6.07, 6.45) is 0. The van der Waals surface area contributed by atoms with Crippen LogP contribution in [0.25, 0.3) is 0 Å². The Balaban J connectivity index is 4.17. The minimum Gasteiger partial charge on any atom is -0.235 e. The van der Waals surface area contributed by atoms with E-state index < -0.39 is 10.1 Å². The molecule has 1 N–H and O–H groups in total. The molecule has 42 valence electrons. The largest absolute Gasteiger partial charge is 0.315 e. The molecular formula is C2H4O4S. The zero-order chi connectivity index (χ0) is 5.91. The van der Waals surface area contributed by atoms with Crippen LogP contribution in [-0.4, -0.2) is 13.7 Å². The van der Waals surface area contributed by atoms with Crippen molar-refractivity contribution >= 4 is 10.1 Å². The molecule has 0 heterocycles. The first kappa shape index (κ1) is 6.61. The van der Waals surface area contributed by atoms with Crippen molar-refractivity contribution in [2.45, 2.75) is 0 Å². The van der Waals surface area contributed by atoms with E-state index in [4.69, 9.17) is 5.26 Å². The molecule has 5 heteroatoms. The van der Waals surface area contributed by atoms with Gasteiger partial charge in [0.05, 0.1) is 5.41 Å². The van der Waals surface area contributed by atoms with Crippen molar-refractivity contribution in [1.29, 1.82) is 0 Å². The predicted octanol–water partition coefficient (Wildman–Crippen LogP) is -0.0507. The second-order valence-electron chi connectivity index (χ2n) is 0.734. The molecular weight excluding hydrogens is 120 g/mol. The van der Waals surface area contributed by atoms with Gasteiger partial charge in [-0.3, -0.25) is 0 Å². The molecule has 0 amide bonds. The van der Waals surface area contributed by atoms with Gasteiger partial charge in [-0.15, -0.1) is 4.33 Å². The van der Waals surface area contributed by atoms with Crippen molar-refractivity contribution in [3.63, 3.8) is 0 Å². The van der Waals surface area contributed by atoms with E-state index in [1.807, 2.05) is 0 Å². The lowest BCUT2D eigenvalue weighted by Gasteiger charge is -1.83. The molecule has 0 rings (SSSR count). The number of hydrogen-bond donors (Lipinski definition) is 1. The summed E-state index contributed by atoms with van der Waals surface area (Å²) in [5.74, 6) is 0. The van der Waals surface area contributed by atoms with Crippen molar-refractivity contribution in [3.05, 3.63) is 12.0 Å². The average molecular weight is 124 g/mol. The van der Waals surface area contributed by atoms with Gasteiger partial charge in [-0.2, -0.15) is 8.42 Å². The van der Waals surface area contributed by atoms with E-state index in [1.54, 1.807) is 0 Å². The molecule has 0 unspecified atom stereocenters. The highest BCUT2D eigenvalue weighted by Crippen LogP contribution is 1.86. The Bertz CT molecular complexity index is 143. The molecule has 0 aromatic heterocycles. The molecule has 0 atom stereocenters. The molecule has 0 bridgehead atoms. The zero-order valence-electron chi connectivity index (χ0n) is 3.36. The fraction of sp³-hybridized carbons (Fsp3) is 0. The van der Waals surface area contributed by atoms with Crippen molar-refractivity contribution in [2.24, 2.45) is 0 Å². The molecule has 0 aromatic rings. The summed E-state index contributed by atoms with van der Waals surface area (Å²) in [6.45, 7) is 2.83. The van der Waals surface area contributed by atoms with Gasteiger partial charge in [0, 0.05) is 0 Å². The molecule has 7 heavy (non-hydrogen) atoms. The van der Waals surface area contributed by atoms with Gasteiger partial charge >= 0.3 is 10.1 Å². The summed E-state index contributed by atoms with van der Waals surface area (Å²) in [5.41, 5.74) is 0. The first-order valence-corrected chi connectivity index (χ1v) is 2.80. The standard InChI is InChI=1S/C2H4O4S/c1-2-7(4,5)6-3/h2-3H,1H2. The number of hydrogen-bond acceptors (Lipinski definition) is 4. The van der Waals surface area contributed by atoms with Gasteiger partial charge in [-0.05, 0) is 0 Å². The summed E-state index contributed by atoms with van der Waals surface area (Å²) < 4.78 is 22.5. The molecule has 0 saturated heterocycles. The van der Waals surface area contributed by atoms with Crippen LogP contribution in [0.3, 0.4) is 0 Å². The lowest BCUT2D eigenvalue weighted by atomic mass is 11.3. The topological polar surface area (TPSA) is 63.6 Å². The lowest BCUT2D eigenvalue weighted by molar-refractivity contribution is -0.129. The van der Waals surface area contributed by atoms with Gasteiger partial charge in [0.25, 0.3) is 0 Å². The van der Waals surface area contributed by atoms with Crippen molar-refractivity contribution in [2.75, 3.05) is 0 Å². The molecule has 0 aromatic carbocycles. The van der Waals surface area contributed by atoms with Crippen LogP contribution in [0.5, 0.6) is 0 Å². The fourth-order valence-corrected chi connectivity index (χ4v) is 0.0913. The average Bonchev–Trinajstić information content (AvgIpc) is 1.68. The minimum absolute atomic E-state index is 0.493. The number of rotatable bonds is 2. The smallest absolute Gasteiger partial charge is 0.235 e. The van der Waals surface area contributed by atoms with E-state index in [0.717, 1.165) is 0 Å². The summed E-state index contributed by atoms with van der Waals surface area (Å²) in [5, 5.41) is 7.93. The first-order chi connectivity index (χ1) is 3.12. The maximum absolute atomic E-state index is 9.78. The van der Waals surface area contributed by atoms with Crippen molar-refractivity contribution in [3.8, 4) is 0 Å². The van der Waals surface area contributed by atoms with E-state index in [1.165, 1.54) is 0 Å². The summed E-state index contributed by atoms with van der Waals surface area (Å²) in [6, 6.07) is 0. The predicted molar refractivity (Wildman–Crippen MR) is 22.8 cm³/mol. The van der Waals surface area contributed by atoms with Crippen LogP contribution in [0.2, 0.25) is 0 Å². The molecule has 0 aliphatic carbocycles. The van der Waals surface area contributed by atoms with Crippen molar-refractivity contribution < 1.29 is 18.0 Å². The molecule has 0 saturated carbocycles. The van der Waals surface area contributed by atoms with Crippen LogP contribution in [0.1, 0.15) is 0 Å². The van der Waals surface area contributed by atoms with Gasteiger partial charge < -0.3 is 0 Å². The second kappa shape index (κ2) is 2.06. The van der Waals surface area contributed by atoms with Gasteiger partial charge in [-0.1, -0.05) is 6.58 Å². The molecule has 0 radical (unpaired) electrons. The Kier molecular flexibility index (Phi) is 1.94. The van der Waals surface area contributed by atoms with Crippen LogP contribution in [-0.2, 0) is 14.5 Å². The third-order valence-corrected chi connectivity index (χ3v) is 0.924. The highest BCUT2D eigenvalue weighted by atomic mass is 32.2. The van der Waals surface area contributed by atoms with Crippen LogP contribution in [0.15, 0.2) is 12.0 Å².